The standard InChI is InChI=1S/C21H24FN3O/c1-14(2)19-9-11-25(24-19)20-13-16(8-10-23-20)26-15-6-7-17(18(22)12-15)21(3,4)5/h6-14H,1-5H3. The molecule has 0 saturated heterocycles. The molecule has 0 amide bonds. The predicted molar refractivity (Wildman–Crippen MR) is 101 cm³/mol. The van der Waals surface area contributed by atoms with E-state index in [2.05, 4.69) is 23.9 Å². The number of rotatable bonds is 4. The Kier molecular flexibility index (Phi) is 4.81. The van der Waals surface area contributed by atoms with Crippen molar-refractivity contribution in [1.29, 1.82) is 0 Å². The summed E-state index contributed by atoms with van der Waals surface area (Å²) in [5.74, 6) is 1.77. The van der Waals surface area contributed by atoms with E-state index in [9.17, 15) is 4.39 Å². The van der Waals surface area contributed by atoms with Gasteiger partial charge in [-0.05, 0) is 35.1 Å². The minimum atomic E-state index is -0.266. The number of aromatic nitrogens is 3. The summed E-state index contributed by atoms with van der Waals surface area (Å²) in [5.41, 5.74) is 1.41. The third kappa shape index (κ3) is 3.93. The van der Waals surface area contributed by atoms with Gasteiger partial charge in [-0.2, -0.15) is 5.10 Å². The molecule has 0 unspecified atom stereocenters. The maximum absolute atomic E-state index is 14.4. The molecule has 4 nitrogen and oxygen atoms in total. The van der Waals surface area contributed by atoms with Gasteiger partial charge in [-0.1, -0.05) is 40.7 Å². The van der Waals surface area contributed by atoms with Gasteiger partial charge in [0.1, 0.15) is 17.3 Å². The van der Waals surface area contributed by atoms with E-state index in [1.165, 1.54) is 6.07 Å². The summed E-state index contributed by atoms with van der Waals surface area (Å²) >= 11 is 0. The summed E-state index contributed by atoms with van der Waals surface area (Å²) in [7, 11) is 0. The smallest absolute Gasteiger partial charge is 0.156 e. The molecule has 2 heterocycles. The summed E-state index contributed by atoms with van der Waals surface area (Å²) in [4.78, 5) is 4.33. The molecule has 3 rings (SSSR count). The van der Waals surface area contributed by atoms with Crippen molar-refractivity contribution in [2.75, 3.05) is 0 Å². The highest BCUT2D eigenvalue weighted by atomic mass is 19.1. The predicted octanol–water partition coefficient (Wildman–Crippen LogP) is 5.62. The lowest BCUT2D eigenvalue weighted by Gasteiger charge is -2.20. The molecule has 0 fully saturated rings. The Hall–Kier alpha value is -2.69. The lowest BCUT2D eigenvalue weighted by atomic mass is 9.87. The summed E-state index contributed by atoms with van der Waals surface area (Å²) in [6, 6.07) is 10.5. The molecule has 0 radical (unpaired) electrons. The molecule has 0 N–H and O–H groups in total. The number of ether oxygens (including phenoxy) is 1. The van der Waals surface area contributed by atoms with Crippen LogP contribution in [0, 0.1) is 5.82 Å². The average molecular weight is 353 g/mol. The summed E-state index contributed by atoms with van der Waals surface area (Å²) < 4.78 is 21.9. The molecular weight excluding hydrogens is 329 g/mol. The van der Waals surface area contributed by atoms with E-state index in [1.807, 2.05) is 33.0 Å². The first-order valence-corrected chi connectivity index (χ1v) is 8.74. The van der Waals surface area contributed by atoms with Gasteiger partial charge in [0.2, 0.25) is 0 Å². The molecule has 0 bridgehead atoms. The van der Waals surface area contributed by atoms with Crippen molar-refractivity contribution in [2.24, 2.45) is 0 Å². The molecule has 1 aromatic carbocycles. The molecule has 0 saturated carbocycles. The maximum atomic E-state index is 14.4. The molecule has 0 aliphatic rings. The fourth-order valence-corrected chi connectivity index (χ4v) is 2.67. The van der Waals surface area contributed by atoms with E-state index in [0.717, 1.165) is 5.69 Å². The Balaban J connectivity index is 1.84. The van der Waals surface area contributed by atoms with E-state index < -0.39 is 0 Å². The van der Waals surface area contributed by atoms with Crippen molar-refractivity contribution in [3.63, 3.8) is 0 Å². The van der Waals surface area contributed by atoms with Crippen LogP contribution in [0.25, 0.3) is 5.82 Å². The van der Waals surface area contributed by atoms with Crippen LogP contribution in [-0.2, 0) is 5.41 Å². The zero-order valence-corrected chi connectivity index (χ0v) is 15.8. The van der Waals surface area contributed by atoms with Gasteiger partial charge < -0.3 is 4.74 Å². The lowest BCUT2D eigenvalue weighted by Crippen LogP contribution is -2.13. The van der Waals surface area contributed by atoms with Gasteiger partial charge in [-0.15, -0.1) is 0 Å². The van der Waals surface area contributed by atoms with Crippen molar-refractivity contribution in [1.82, 2.24) is 14.8 Å². The van der Waals surface area contributed by atoms with Gasteiger partial charge in [0.05, 0.1) is 5.69 Å². The van der Waals surface area contributed by atoms with Crippen molar-refractivity contribution in [3.05, 3.63) is 65.9 Å². The highest BCUT2D eigenvalue weighted by Gasteiger charge is 2.18. The third-order valence-corrected chi connectivity index (χ3v) is 4.14. The minimum Gasteiger partial charge on any atom is -0.457 e. The van der Waals surface area contributed by atoms with Crippen LogP contribution >= 0.6 is 0 Å². The second-order valence-corrected chi connectivity index (χ2v) is 7.68. The molecule has 0 aliphatic carbocycles. The van der Waals surface area contributed by atoms with E-state index in [0.29, 0.717) is 28.8 Å². The van der Waals surface area contributed by atoms with Gasteiger partial charge in [-0.25, -0.2) is 14.1 Å². The molecule has 2 aromatic heterocycles. The number of hydrogen-bond donors (Lipinski definition) is 0. The van der Waals surface area contributed by atoms with Crippen LogP contribution in [0.4, 0.5) is 4.39 Å². The van der Waals surface area contributed by atoms with Gasteiger partial charge in [0, 0.05) is 24.5 Å². The van der Waals surface area contributed by atoms with Crippen LogP contribution in [0.2, 0.25) is 0 Å². The quantitative estimate of drug-likeness (QED) is 0.611. The highest BCUT2D eigenvalue weighted by molar-refractivity contribution is 5.38. The van der Waals surface area contributed by atoms with Gasteiger partial charge in [-0.3, -0.25) is 0 Å². The van der Waals surface area contributed by atoms with Crippen LogP contribution in [0.3, 0.4) is 0 Å². The summed E-state index contributed by atoms with van der Waals surface area (Å²) in [5, 5.41) is 4.52. The van der Waals surface area contributed by atoms with E-state index in [1.54, 1.807) is 35.1 Å². The topological polar surface area (TPSA) is 39.9 Å². The Morgan fingerprint density at radius 3 is 2.38 bits per heavy atom. The van der Waals surface area contributed by atoms with Crippen LogP contribution in [-0.4, -0.2) is 14.8 Å². The number of nitrogens with zero attached hydrogens (tertiary/aromatic N) is 3. The van der Waals surface area contributed by atoms with Crippen LogP contribution in [0.5, 0.6) is 11.5 Å². The number of hydrogen-bond acceptors (Lipinski definition) is 3. The van der Waals surface area contributed by atoms with Crippen LogP contribution < -0.4 is 4.74 Å². The zero-order valence-electron chi connectivity index (χ0n) is 15.8. The molecule has 5 heteroatoms. The third-order valence-electron chi connectivity index (χ3n) is 4.14. The SMILES string of the molecule is CC(C)c1ccn(-c2cc(Oc3ccc(C(C)(C)C)c(F)c3)ccn2)n1. The number of benzene rings is 1. The average Bonchev–Trinajstić information content (AvgIpc) is 3.04. The maximum Gasteiger partial charge on any atom is 0.156 e. The second kappa shape index (κ2) is 6.90. The summed E-state index contributed by atoms with van der Waals surface area (Å²) in [6.45, 7) is 10.1. The van der Waals surface area contributed by atoms with Gasteiger partial charge >= 0.3 is 0 Å². The minimum absolute atomic E-state index is 0.249. The fraction of sp³-hybridized carbons (Fsp3) is 0.333. The monoisotopic (exact) mass is 353 g/mol. The van der Waals surface area contributed by atoms with E-state index in [4.69, 9.17) is 4.74 Å². The Labute approximate surface area is 153 Å². The van der Waals surface area contributed by atoms with Gasteiger partial charge in [0.25, 0.3) is 0 Å². The first-order valence-electron chi connectivity index (χ1n) is 8.74. The largest absolute Gasteiger partial charge is 0.457 e. The molecule has 0 spiro atoms. The Bertz CT molecular complexity index is 910. The summed E-state index contributed by atoms with van der Waals surface area (Å²) in [6.07, 6.45) is 3.53. The highest BCUT2D eigenvalue weighted by Crippen LogP contribution is 2.30. The van der Waals surface area contributed by atoms with Crippen molar-refractivity contribution >= 4 is 0 Å². The molecule has 26 heavy (non-hydrogen) atoms. The lowest BCUT2D eigenvalue weighted by molar-refractivity contribution is 0.467. The Morgan fingerprint density at radius 1 is 1.04 bits per heavy atom. The van der Waals surface area contributed by atoms with E-state index >= 15 is 0 Å². The zero-order chi connectivity index (χ0) is 18.9. The second-order valence-electron chi connectivity index (χ2n) is 7.68. The fourth-order valence-electron chi connectivity index (χ4n) is 2.67. The van der Waals surface area contributed by atoms with E-state index in [-0.39, 0.29) is 11.2 Å². The molecule has 0 aliphatic heterocycles. The molecule has 0 atom stereocenters. The van der Waals surface area contributed by atoms with Crippen molar-refractivity contribution < 1.29 is 9.13 Å². The first-order chi connectivity index (χ1) is 12.2. The van der Waals surface area contributed by atoms with Crippen LogP contribution in [0.15, 0.2) is 48.8 Å². The number of halogens is 1. The molecule has 136 valence electrons. The van der Waals surface area contributed by atoms with Gasteiger partial charge in [0.15, 0.2) is 5.82 Å². The van der Waals surface area contributed by atoms with Crippen LogP contribution in [0.1, 0.15) is 51.8 Å². The van der Waals surface area contributed by atoms with Crippen molar-refractivity contribution in [3.8, 4) is 17.3 Å². The van der Waals surface area contributed by atoms with Crippen molar-refractivity contribution in [2.45, 2.75) is 46.0 Å². The Morgan fingerprint density at radius 2 is 1.77 bits per heavy atom. The first kappa shape index (κ1) is 18.1. The molecule has 3 aromatic rings. The number of pyridine rings is 1. The molecular formula is C21H24FN3O. The normalized spacial score (nSPS) is 11.8.